The van der Waals surface area contributed by atoms with Gasteiger partial charge in [0.1, 0.15) is 17.2 Å². The van der Waals surface area contributed by atoms with E-state index >= 15 is 0 Å². The Kier molecular flexibility index (Phi) is 4.88. The van der Waals surface area contributed by atoms with Crippen LogP contribution < -0.4 is 5.32 Å². The molecule has 2 fully saturated rings. The number of thiophene rings is 1. The molecule has 8 heteroatoms. The fourth-order valence-electron chi connectivity index (χ4n) is 3.50. The molecular weight excluding hydrogens is 392 g/mol. The monoisotopic (exact) mass is 414 g/mol. The Balaban J connectivity index is 1.36. The second-order valence-corrected chi connectivity index (χ2v) is 10.3. The van der Waals surface area contributed by atoms with E-state index in [1.165, 1.54) is 9.75 Å². The van der Waals surface area contributed by atoms with Crippen LogP contribution in [0.25, 0.3) is 16.2 Å². The molecule has 1 amide bonds. The van der Waals surface area contributed by atoms with Gasteiger partial charge in [-0.25, -0.2) is 4.98 Å². The Morgan fingerprint density at radius 2 is 2.07 bits per heavy atom. The number of carbonyl (C=O) groups excluding carboxylic acids is 1. The van der Waals surface area contributed by atoms with E-state index in [4.69, 9.17) is 0 Å². The van der Waals surface area contributed by atoms with E-state index < -0.39 is 11.2 Å². The van der Waals surface area contributed by atoms with Crippen molar-refractivity contribution in [2.24, 2.45) is 5.92 Å². The van der Waals surface area contributed by atoms with Crippen molar-refractivity contribution in [1.82, 2.24) is 14.3 Å². The molecule has 0 atom stereocenters. The molecule has 1 saturated heterocycles. The summed E-state index contributed by atoms with van der Waals surface area (Å²) in [5.41, 5.74) is 1.91. The quantitative estimate of drug-likeness (QED) is 0.652. The lowest BCUT2D eigenvalue weighted by Crippen LogP contribution is -2.39. The van der Waals surface area contributed by atoms with Crippen molar-refractivity contribution in [2.75, 3.05) is 29.9 Å². The predicted octanol–water partition coefficient (Wildman–Crippen LogP) is 2.98. The highest BCUT2D eigenvalue weighted by atomic mass is 32.2. The van der Waals surface area contributed by atoms with Crippen LogP contribution in [0.3, 0.4) is 0 Å². The number of aromatic nitrogens is 2. The van der Waals surface area contributed by atoms with Crippen LogP contribution in [0.5, 0.6) is 0 Å². The fourth-order valence-corrected chi connectivity index (χ4v) is 5.70. The SMILES string of the molecule is O=C(Nc1cn2c(-c3ccc(CN4CC[S+]([O-])CC4)s3)cccc2n1)C1CC1. The van der Waals surface area contributed by atoms with Gasteiger partial charge in [-0.15, -0.1) is 11.3 Å². The Morgan fingerprint density at radius 3 is 2.86 bits per heavy atom. The first-order valence-electron chi connectivity index (χ1n) is 9.61. The second kappa shape index (κ2) is 7.51. The fraction of sp³-hybridized carbons (Fsp3) is 0.400. The summed E-state index contributed by atoms with van der Waals surface area (Å²) in [6.45, 7) is 2.71. The number of hydrogen-bond acceptors (Lipinski definition) is 5. The first-order valence-corrected chi connectivity index (χ1v) is 11.9. The van der Waals surface area contributed by atoms with E-state index in [1.807, 2.05) is 22.7 Å². The lowest BCUT2D eigenvalue weighted by molar-refractivity contribution is -0.117. The molecular formula is C20H22N4O2S2. The summed E-state index contributed by atoms with van der Waals surface area (Å²) >= 11 is 1.14. The van der Waals surface area contributed by atoms with E-state index in [0.717, 1.165) is 55.3 Å². The molecule has 0 unspecified atom stereocenters. The summed E-state index contributed by atoms with van der Waals surface area (Å²) in [6.07, 6.45) is 3.87. The van der Waals surface area contributed by atoms with Crippen LogP contribution in [0.1, 0.15) is 17.7 Å². The zero-order chi connectivity index (χ0) is 19.1. The Labute approximate surface area is 170 Å². The number of rotatable bonds is 5. The number of nitrogens with one attached hydrogen (secondary N) is 1. The molecule has 1 aliphatic heterocycles. The predicted molar refractivity (Wildman–Crippen MR) is 113 cm³/mol. The highest BCUT2D eigenvalue weighted by molar-refractivity contribution is 7.91. The minimum atomic E-state index is -0.639. The molecule has 1 aliphatic carbocycles. The number of nitrogens with zero attached hydrogens (tertiary/aromatic N) is 3. The largest absolute Gasteiger partial charge is 0.616 e. The molecule has 5 rings (SSSR count). The van der Waals surface area contributed by atoms with Gasteiger partial charge in [0.15, 0.2) is 5.82 Å². The van der Waals surface area contributed by atoms with Crippen LogP contribution in [0.4, 0.5) is 5.82 Å². The van der Waals surface area contributed by atoms with E-state index in [2.05, 4.69) is 33.4 Å². The molecule has 1 saturated carbocycles. The van der Waals surface area contributed by atoms with Crippen molar-refractivity contribution >= 4 is 39.9 Å². The van der Waals surface area contributed by atoms with Gasteiger partial charge in [-0.05, 0) is 37.1 Å². The third-order valence-electron chi connectivity index (χ3n) is 5.26. The van der Waals surface area contributed by atoms with Crippen molar-refractivity contribution in [2.45, 2.75) is 19.4 Å². The third kappa shape index (κ3) is 3.82. The van der Waals surface area contributed by atoms with Crippen LogP contribution in [0.15, 0.2) is 36.5 Å². The number of amides is 1. The van der Waals surface area contributed by atoms with Crippen molar-refractivity contribution in [3.8, 4) is 10.6 Å². The molecule has 28 heavy (non-hydrogen) atoms. The third-order valence-corrected chi connectivity index (χ3v) is 7.62. The van der Waals surface area contributed by atoms with E-state index in [-0.39, 0.29) is 11.8 Å². The molecule has 6 nitrogen and oxygen atoms in total. The Morgan fingerprint density at radius 1 is 1.25 bits per heavy atom. The molecule has 2 aliphatic rings. The molecule has 0 radical (unpaired) electrons. The maximum Gasteiger partial charge on any atom is 0.228 e. The number of fused-ring (bicyclic) bond motifs is 1. The van der Waals surface area contributed by atoms with Crippen molar-refractivity contribution in [3.05, 3.63) is 41.4 Å². The Bertz CT molecular complexity index is 1000. The van der Waals surface area contributed by atoms with Gasteiger partial charge in [0, 0.05) is 30.4 Å². The molecule has 1 N–H and O–H groups in total. The minimum absolute atomic E-state index is 0.0748. The summed E-state index contributed by atoms with van der Waals surface area (Å²) in [5, 5.41) is 2.94. The number of carbonyl (C=O) groups is 1. The molecule has 0 aromatic carbocycles. The molecule has 4 heterocycles. The van der Waals surface area contributed by atoms with Crippen molar-refractivity contribution < 1.29 is 9.35 Å². The number of hydrogen-bond donors (Lipinski definition) is 1. The van der Waals surface area contributed by atoms with Crippen LogP contribution >= 0.6 is 11.3 Å². The van der Waals surface area contributed by atoms with E-state index in [0.29, 0.717) is 5.82 Å². The maximum atomic E-state index is 12.0. The highest BCUT2D eigenvalue weighted by Crippen LogP contribution is 2.32. The smallest absolute Gasteiger partial charge is 0.228 e. The van der Waals surface area contributed by atoms with Crippen LogP contribution in [0.2, 0.25) is 0 Å². The number of pyridine rings is 1. The van der Waals surface area contributed by atoms with Gasteiger partial charge in [0.05, 0.1) is 16.8 Å². The summed E-state index contributed by atoms with van der Waals surface area (Å²) < 4.78 is 13.6. The van der Waals surface area contributed by atoms with E-state index in [1.54, 1.807) is 11.3 Å². The lowest BCUT2D eigenvalue weighted by atomic mass is 10.3. The molecule has 0 spiro atoms. The second-order valence-electron chi connectivity index (χ2n) is 7.42. The van der Waals surface area contributed by atoms with Gasteiger partial charge in [-0.1, -0.05) is 17.2 Å². The van der Waals surface area contributed by atoms with Crippen molar-refractivity contribution in [1.29, 1.82) is 0 Å². The summed E-state index contributed by atoms with van der Waals surface area (Å²) in [5.74, 6) is 2.41. The minimum Gasteiger partial charge on any atom is -0.616 e. The van der Waals surface area contributed by atoms with E-state index in [9.17, 15) is 9.35 Å². The van der Waals surface area contributed by atoms with Crippen LogP contribution in [-0.4, -0.2) is 49.3 Å². The first-order chi connectivity index (χ1) is 13.7. The molecule has 3 aromatic rings. The van der Waals surface area contributed by atoms with Crippen LogP contribution in [-0.2, 0) is 22.5 Å². The first kappa shape index (κ1) is 18.2. The zero-order valence-corrected chi connectivity index (χ0v) is 17.1. The molecule has 3 aromatic heterocycles. The van der Waals surface area contributed by atoms with Gasteiger partial charge in [-0.3, -0.25) is 14.1 Å². The highest BCUT2D eigenvalue weighted by Gasteiger charge is 2.30. The zero-order valence-electron chi connectivity index (χ0n) is 15.5. The van der Waals surface area contributed by atoms with Gasteiger partial charge < -0.3 is 9.87 Å². The number of imidazole rings is 1. The van der Waals surface area contributed by atoms with Gasteiger partial charge >= 0.3 is 0 Å². The van der Waals surface area contributed by atoms with Crippen LogP contribution in [0, 0.1) is 5.92 Å². The lowest BCUT2D eigenvalue weighted by Gasteiger charge is -2.27. The maximum absolute atomic E-state index is 12.0. The molecule has 0 bridgehead atoms. The summed E-state index contributed by atoms with van der Waals surface area (Å²) in [7, 11) is 0. The van der Waals surface area contributed by atoms with Gasteiger partial charge in [-0.2, -0.15) is 0 Å². The van der Waals surface area contributed by atoms with Gasteiger partial charge in [0.2, 0.25) is 5.91 Å². The van der Waals surface area contributed by atoms with Gasteiger partial charge in [0.25, 0.3) is 0 Å². The average Bonchev–Trinajstić information content (AvgIpc) is 3.31. The molecule has 146 valence electrons. The summed E-state index contributed by atoms with van der Waals surface area (Å²) in [6, 6.07) is 10.4. The van der Waals surface area contributed by atoms with Crippen molar-refractivity contribution in [3.63, 3.8) is 0 Å². The summed E-state index contributed by atoms with van der Waals surface area (Å²) in [4.78, 5) is 21.5. The average molecular weight is 415 g/mol. The number of anilines is 1. The normalized spacial score (nSPS) is 18.6. The topological polar surface area (TPSA) is 72.7 Å². The Hall–Kier alpha value is -1.87. The standard InChI is InChI=1S/C20H22N4O2S2/c25-20(14-4-5-14)22-18-13-24-16(2-1-3-19(24)21-18)17-7-6-15(27-17)12-23-8-10-28(26)11-9-23/h1-3,6-7,13-14H,4-5,8-12H2,(H,22,25).